The van der Waals surface area contributed by atoms with Gasteiger partial charge in [-0.15, -0.1) is 0 Å². The average Bonchev–Trinajstić information content (AvgIpc) is 3.15. The molecule has 1 saturated carbocycles. The third kappa shape index (κ3) is 2.85. The van der Waals surface area contributed by atoms with Gasteiger partial charge < -0.3 is 5.73 Å². The number of likely N-dealkylation sites (N-methyl/N-ethyl adjacent to an activating group) is 1. The highest BCUT2D eigenvalue weighted by Crippen LogP contribution is 2.32. The summed E-state index contributed by atoms with van der Waals surface area (Å²) >= 11 is 0. The number of benzene rings is 1. The molecule has 0 saturated heterocycles. The van der Waals surface area contributed by atoms with Gasteiger partial charge in [0.1, 0.15) is 5.82 Å². The molecule has 0 aliphatic heterocycles. The molecule has 1 aliphatic rings. The van der Waals surface area contributed by atoms with Crippen molar-refractivity contribution >= 4 is 0 Å². The molecule has 0 spiro atoms. The maximum Gasteiger partial charge on any atom is 0.123 e. The van der Waals surface area contributed by atoms with E-state index < -0.39 is 0 Å². The number of halogens is 1. The molecule has 94 valence electrons. The molecule has 1 unspecified atom stereocenters. The number of nitrogens with two attached hydrogens (primary N) is 1. The molecule has 1 aromatic rings. The largest absolute Gasteiger partial charge is 0.329 e. The SMILES string of the molecule is CN(C1CC1)C(C)(CN)Cc1ccc(F)cc1. The Morgan fingerprint density at radius 2 is 1.94 bits per heavy atom. The topological polar surface area (TPSA) is 29.3 Å². The quantitative estimate of drug-likeness (QED) is 0.849. The van der Waals surface area contributed by atoms with Gasteiger partial charge >= 0.3 is 0 Å². The van der Waals surface area contributed by atoms with Gasteiger partial charge in [-0.3, -0.25) is 4.90 Å². The number of nitrogens with zero attached hydrogens (tertiary/aromatic N) is 1. The molecule has 1 atom stereocenters. The summed E-state index contributed by atoms with van der Waals surface area (Å²) < 4.78 is 12.9. The number of rotatable bonds is 5. The molecule has 1 fully saturated rings. The van der Waals surface area contributed by atoms with Crippen molar-refractivity contribution in [2.24, 2.45) is 5.73 Å². The van der Waals surface area contributed by atoms with Gasteiger partial charge in [0.2, 0.25) is 0 Å². The minimum atomic E-state index is -0.182. The van der Waals surface area contributed by atoms with Crippen LogP contribution in [0.4, 0.5) is 4.39 Å². The molecular formula is C14H21FN2. The summed E-state index contributed by atoms with van der Waals surface area (Å²) in [6, 6.07) is 7.42. The van der Waals surface area contributed by atoms with Crippen LogP contribution in [0.3, 0.4) is 0 Å². The Morgan fingerprint density at radius 1 is 1.35 bits per heavy atom. The minimum absolute atomic E-state index is 0.0288. The zero-order chi connectivity index (χ0) is 12.5. The van der Waals surface area contributed by atoms with Crippen LogP contribution in [0.15, 0.2) is 24.3 Å². The molecule has 17 heavy (non-hydrogen) atoms. The summed E-state index contributed by atoms with van der Waals surface area (Å²) in [5, 5.41) is 0. The fourth-order valence-electron chi connectivity index (χ4n) is 2.29. The first-order valence-electron chi connectivity index (χ1n) is 6.22. The second-order valence-corrected chi connectivity index (χ2v) is 5.35. The van der Waals surface area contributed by atoms with Crippen LogP contribution in [0.1, 0.15) is 25.3 Å². The molecule has 0 amide bonds. The van der Waals surface area contributed by atoms with Crippen LogP contribution in [0.25, 0.3) is 0 Å². The van der Waals surface area contributed by atoms with Crippen molar-refractivity contribution in [1.82, 2.24) is 4.90 Å². The second kappa shape index (κ2) is 4.75. The van der Waals surface area contributed by atoms with Crippen molar-refractivity contribution < 1.29 is 4.39 Å². The number of hydrogen-bond donors (Lipinski definition) is 1. The smallest absolute Gasteiger partial charge is 0.123 e. The Labute approximate surface area is 103 Å². The van der Waals surface area contributed by atoms with Crippen LogP contribution in [-0.2, 0) is 6.42 Å². The summed E-state index contributed by atoms with van der Waals surface area (Å²) in [6.07, 6.45) is 3.42. The molecule has 0 radical (unpaired) electrons. The van der Waals surface area contributed by atoms with Gasteiger partial charge in [-0.1, -0.05) is 12.1 Å². The molecule has 0 aromatic heterocycles. The molecule has 1 aromatic carbocycles. The van der Waals surface area contributed by atoms with E-state index in [0.29, 0.717) is 12.6 Å². The van der Waals surface area contributed by atoms with Gasteiger partial charge in [-0.05, 0) is 50.9 Å². The third-order valence-corrected chi connectivity index (χ3v) is 3.88. The van der Waals surface area contributed by atoms with E-state index in [0.717, 1.165) is 12.0 Å². The predicted molar refractivity (Wildman–Crippen MR) is 68.3 cm³/mol. The van der Waals surface area contributed by atoms with E-state index in [1.165, 1.54) is 25.0 Å². The van der Waals surface area contributed by atoms with Crippen LogP contribution in [0, 0.1) is 5.82 Å². The Hall–Kier alpha value is -0.930. The van der Waals surface area contributed by atoms with Gasteiger partial charge in [0.15, 0.2) is 0 Å². The van der Waals surface area contributed by atoms with Gasteiger partial charge in [0.25, 0.3) is 0 Å². The second-order valence-electron chi connectivity index (χ2n) is 5.35. The first-order chi connectivity index (χ1) is 8.05. The molecule has 3 heteroatoms. The highest BCUT2D eigenvalue weighted by atomic mass is 19.1. The zero-order valence-corrected chi connectivity index (χ0v) is 10.6. The third-order valence-electron chi connectivity index (χ3n) is 3.88. The summed E-state index contributed by atoms with van der Waals surface area (Å²) in [5.74, 6) is -0.182. The molecule has 0 bridgehead atoms. The standard InChI is InChI=1S/C14H21FN2/c1-14(10-16,17(2)13-7-8-13)9-11-3-5-12(15)6-4-11/h3-6,13H,7-10,16H2,1-2H3. The molecule has 2 nitrogen and oxygen atoms in total. The Kier molecular flexibility index (Phi) is 3.50. The minimum Gasteiger partial charge on any atom is -0.329 e. The molecule has 2 N–H and O–H groups in total. The monoisotopic (exact) mass is 236 g/mol. The van der Waals surface area contributed by atoms with E-state index in [1.807, 2.05) is 12.1 Å². The van der Waals surface area contributed by atoms with E-state index >= 15 is 0 Å². The van der Waals surface area contributed by atoms with Crippen molar-refractivity contribution in [1.29, 1.82) is 0 Å². The van der Waals surface area contributed by atoms with Crippen molar-refractivity contribution in [3.05, 3.63) is 35.6 Å². The van der Waals surface area contributed by atoms with Crippen molar-refractivity contribution in [3.63, 3.8) is 0 Å². The summed E-state index contributed by atoms with van der Waals surface area (Å²) in [6.45, 7) is 2.81. The van der Waals surface area contributed by atoms with E-state index in [9.17, 15) is 4.39 Å². The van der Waals surface area contributed by atoms with Crippen molar-refractivity contribution in [2.75, 3.05) is 13.6 Å². The van der Waals surface area contributed by atoms with Crippen LogP contribution in [0.5, 0.6) is 0 Å². The van der Waals surface area contributed by atoms with Crippen molar-refractivity contribution in [3.8, 4) is 0 Å². The Morgan fingerprint density at radius 3 is 2.41 bits per heavy atom. The highest BCUT2D eigenvalue weighted by molar-refractivity contribution is 5.19. The highest BCUT2D eigenvalue weighted by Gasteiger charge is 2.37. The molecular weight excluding hydrogens is 215 g/mol. The van der Waals surface area contributed by atoms with Gasteiger partial charge in [-0.2, -0.15) is 0 Å². The number of hydrogen-bond acceptors (Lipinski definition) is 2. The van der Waals surface area contributed by atoms with Gasteiger partial charge in [-0.25, -0.2) is 4.39 Å². The Bertz CT molecular complexity index is 372. The maximum absolute atomic E-state index is 12.9. The van der Waals surface area contributed by atoms with Crippen molar-refractivity contribution in [2.45, 2.75) is 37.8 Å². The lowest BCUT2D eigenvalue weighted by atomic mass is 9.91. The average molecular weight is 236 g/mol. The van der Waals surface area contributed by atoms with E-state index in [1.54, 1.807) is 0 Å². The fourth-order valence-corrected chi connectivity index (χ4v) is 2.29. The molecule has 1 aliphatic carbocycles. The van der Waals surface area contributed by atoms with Crippen LogP contribution < -0.4 is 5.73 Å². The van der Waals surface area contributed by atoms with Gasteiger partial charge in [0, 0.05) is 18.1 Å². The van der Waals surface area contributed by atoms with Crippen LogP contribution >= 0.6 is 0 Å². The summed E-state index contributed by atoms with van der Waals surface area (Å²) in [4.78, 5) is 2.39. The fraction of sp³-hybridized carbons (Fsp3) is 0.571. The zero-order valence-electron chi connectivity index (χ0n) is 10.6. The lowest BCUT2D eigenvalue weighted by Crippen LogP contribution is -2.52. The van der Waals surface area contributed by atoms with Crippen LogP contribution in [-0.4, -0.2) is 30.1 Å². The first-order valence-corrected chi connectivity index (χ1v) is 6.22. The van der Waals surface area contributed by atoms with E-state index in [-0.39, 0.29) is 11.4 Å². The van der Waals surface area contributed by atoms with E-state index in [2.05, 4.69) is 18.9 Å². The normalized spacial score (nSPS) is 19.4. The lowest BCUT2D eigenvalue weighted by molar-refractivity contribution is 0.135. The Balaban J connectivity index is 2.10. The summed E-state index contributed by atoms with van der Waals surface area (Å²) in [7, 11) is 2.15. The maximum atomic E-state index is 12.9. The molecule has 0 heterocycles. The van der Waals surface area contributed by atoms with Gasteiger partial charge in [0.05, 0.1) is 0 Å². The lowest BCUT2D eigenvalue weighted by Gasteiger charge is -2.38. The van der Waals surface area contributed by atoms with Crippen LogP contribution in [0.2, 0.25) is 0 Å². The first kappa shape index (κ1) is 12.5. The predicted octanol–water partition coefficient (Wildman–Crippen LogP) is 2.18. The summed E-state index contributed by atoms with van der Waals surface area (Å²) in [5.41, 5.74) is 7.05. The molecule has 2 rings (SSSR count). The van der Waals surface area contributed by atoms with E-state index in [4.69, 9.17) is 5.73 Å².